The van der Waals surface area contributed by atoms with Gasteiger partial charge in [-0.05, 0) is 36.2 Å². The molecule has 0 saturated heterocycles. The first-order valence-corrected chi connectivity index (χ1v) is 8.86. The second-order valence-electron chi connectivity index (χ2n) is 5.46. The quantitative estimate of drug-likeness (QED) is 0.802. The van der Waals surface area contributed by atoms with Crippen molar-refractivity contribution in [2.45, 2.75) is 11.3 Å². The van der Waals surface area contributed by atoms with Crippen LogP contribution in [0.3, 0.4) is 0 Å². The molecule has 1 amide bonds. The van der Waals surface area contributed by atoms with E-state index < -0.39 is 10.0 Å². The van der Waals surface area contributed by atoms with Crippen molar-refractivity contribution in [1.82, 2.24) is 10.3 Å². The zero-order valence-corrected chi connectivity index (χ0v) is 14.4. The molecule has 0 aliphatic heterocycles. The lowest BCUT2D eigenvalue weighted by atomic mass is 10.1. The Kier molecular flexibility index (Phi) is 5.53. The minimum Gasteiger partial charge on any atom is -0.362 e. The first-order chi connectivity index (χ1) is 11.3. The van der Waals surface area contributed by atoms with E-state index in [-0.39, 0.29) is 10.8 Å². The van der Waals surface area contributed by atoms with E-state index in [0.29, 0.717) is 24.3 Å². The number of carbonyl (C=O) groups excluding carboxylic acids is 1. The van der Waals surface area contributed by atoms with Gasteiger partial charge < -0.3 is 10.2 Å². The van der Waals surface area contributed by atoms with Crippen LogP contribution in [0.2, 0.25) is 0 Å². The van der Waals surface area contributed by atoms with E-state index in [9.17, 15) is 13.2 Å². The summed E-state index contributed by atoms with van der Waals surface area (Å²) in [5.41, 5.74) is 1.41. The van der Waals surface area contributed by atoms with Crippen LogP contribution in [-0.2, 0) is 16.4 Å². The van der Waals surface area contributed by atoms with Crippen LogP contribution in [0.4, 0.5) is 5.82 Å². The van der Waals surface area contributed by atoms with Gasteiger partial charge in [-0.3, -0.25) is 4.79 Å². The summed E-state index contributed by atoms with van der Waals surface area (Å²) >= 11 is 0. The smallest absolute Gasteiger partial charge is 0.255 e. The number of aromatic nitrogens is 1. The molecule has 0 atom stereocenters. The lowest BCUT2D eigenvalue weighted by molar-refractivity contribution is 0.0954. The highest BCUT2D eigenvalue weighted by atomic mass is 32.2. The van der Waals surface area contributed by atoms with E-state index in [0.717, 1.165) is 5.56 Å². The third-order valence-electron chi connectivity index (χ3n) is 3.41. The van der Waals surface area contributed by atoms with E-state index in [1.54, 1.807) is 35.4 Å². The molecule has 0 radical (unpaired) electrons. The molecule has 0 unspecified atom stereocenters. The summed E-state index contributed by atoms with van der Waals surface area (Å²) in [7, 11) is -0.0327. The van der Waals surface area contributed by atoms with Crippen molar-refractivity contribution >= 4 is 21.7 Å². The molecule has 0 aliphatic carbocycles. The molecule has 2 aromatic rings. The van der Waals surface area contributed by atoms with Crippen LogP contribution in [0.1, 0.15) is 15.9 Å². The molecule has 1 aromatic heterocycles. The van der Waals surface area contributed by atoms with Crippen molar-refractivity contribution in [2.75, 3.05) is 25.5 Å². The number of benzene rings is 1. The molecule has 2 rings (SSSR count). The molecule has 0 aliphatic rings. The van der Waals surface area contributed by atoms with Gasteiger partial charge in [-0.1, -0.05) is 12.1 Å². The van der Waals surface area contributed by atoms with Crippen molar-refractivity contribution in [3.8, 4) is 0 Å². The Morgan fingerprint density at radius 1 is 1.21 bits per heavy atom. The van der Waals surface area contributed by atoms with Crippen molar-refractivity contribution in [1.29, 1.82) is 0 Å². The summed E-state index contributed by atoms with van der Waals surface area (Å²) in [6, 6.07) is 9.71. The van der Waals surface area contributed by atoms with Crippen LogP contribution in [-0.4, -0.2) is 39.9 Å². The van der Waals surface area contributed by atoms with E-state index in [4.69, 9.17) is 5.14 Å². The number of anilines is 1. The Balaban J connectivity index is 1.96. The highest BCUT2D eigenvalue weighted by Crippen LogP contribution is 2.14. The zero-order valence-electron chi connectivity index (χ0n) is 13.6. The summed E-state index contributed by atoms with van der Waals surface area (Å²) in [4.78, 5) is 18.3. The van der Waals surface area contributed by atoms with Gasteiger partial charge in [0.15, 0.2) is 0 Å². The third kappa shape index (κ3) is 4.53. The number of sulfonamides is 1. The third-order valence-corrected chi connectivity index (χ3v) is 4.34. The Morgan fingerprint density at radius 2 is 1.88 bits per heavy atom. The van der Waals surface area contributed by atoms with Gasteiger partial charge in [0.2, 0.25) is 10.0 Å². The van der Waals surface area contributed by atoms with Gasteiger partial charge in [-0.25, -0.2) is 18.5 Å². The Bertz CT molecular complexity index is 817. The molecular weight excluding hydrogens is 328 g/mol. The van der Waals surface area contributed by atoms with Gasteiger partial charge in [-0.2, -0.15) is 0 Å². The van der Waals surface area contributed by atoms with Crippen molar-refractivity contribution in [2.24, 2.45) is 5.14 Å². The van der Waals surface area contributed by atoms with Crippen LogP contribution in [0.5, 0.6) is 0 Å². The van der Waals surface area contributed by atoms with Crippen LogP contribution in [0, 0.1) is 0 Å². The van der Waals surface area contributed by atoms with E-state index >= 15 is 0 Å². The number of primary sulfonamides is 1. The van der Waals surface area contributed by atoms with Gasteiger partial charge >= 0.3 is 0 Å². The minimum absolute atomic E-state index is 0.0706. The molecule has 7 nitrogen and oxygen atoms in total. The second kappa shape index (κ2) is 7.41. The number of hydrogen-bond donors (Lipinski definition) is 2. The SMILES string of the molecule is CN(C)c1ncccc1C(=O)NCCc1ccc(S(N)(=O)=O)cc1. The molecule has 0 saturated carbocycles. The number of amides is 1. The lowest BCUT2D eigenvalue weighted by Gasteiger charge is -2.15. The zero-order chi connectivity index (χ0) is 17.7. The molecule has 0 fully saturated rings. The number of nitrogens with one attached hydrogen (secondary N) is 1. The van der Waals surface area contributed by atoms with Gasteiger partial charge in [0.1, 0.15) is 5.82 Å². The number of nitrogens with zero attached hydrogens (tertiary/aromatic N) is 2. The summed E-state index contributed by atoms with van der Waals surface area (Å²) in [6.45, 7) is 0.426. The maximum absolute atomic E-state index is 12.3. The average Bonchev–Trinajstić information content (AvgIpc) is 2.54. The van der Waals surface area contributed by atoms with Gasteiger partial charge in [0.25, 0.3) is 5.91 Å². The maximum atomic E-state index is 12.3. The van der Waals surface area contributed by atoms with E-state index in [1.165, 1.54) is 12.1 Å². The predicted molar refractivity (Wildman–Crippen MR) is 92.4 cm³/mol. The first kappa shape index (κ1) is 17.9. The molecule has 8 heteroatoms. The monoisotopic (exact) mass is 348 g/mol. The van der Waals surface area contributed by atoms with Crippen molar-refractivity contribution < 1.29 is 13.2 Å². The Labute approximate surface area is 141 Å². The summed E-state index contributed by atoms with van der Waals surface area (Å²) in [5.74, 6) is 0.403. The average molecular weight is 348 g/mol. The van der Waals surface area contributed by atoms with Gasteiger partial charge in [-0.15, -0.1) is 0 Å². The summed E-state index contributed by atoms with van der Waals surface area (Å²) in [6.07, 6.45) is 2.22. The topological polar surface area (TPSA) is 105 Å². The van der Waals surface area contributed by atoms with Gasteiger partial charge in [0, 0.05) is 26.8 Å². The first-order valence-electron chi connectivity index (χ1n) is 7.31. The number of pyridine rings is 1. The fourth-order valence-corrected chi connectivity index (χ4v) is 2.71. The highest BCUT2D eigenvalue weighted by molar-refractivity contribution is 7.89. The largest absolute Gasteiger partial charge is 0.362 e. The standard InChI is InChI=1S/C16H20N4O3S/c1-20(2)15-14(4-3-10-18-15)16(21)19-11-9-12-5-7-13(8-6-12)24(17,22)23/h3-8,10H,9,11H2,1-2H3,(H,19,21)(H2,17,22,23). The summed E-state index contributed by atoms with van der Waals surface area (Å²) < 4.78 is 22.4. The number of nitrogens with two attached hydrogens (primary N) is 1. The Morgan fingerprint density at radius 3 is 2.46 bits per heavy atom. The minimum atomic E-state index is -3.68. The predicted octanol–water partition coefficient (Wildman–Crippen LogP) is 0.768. The van der Waals surface area contributed by atoms with Gasteiger partial charge in [0.05, 0.1) is 10.5 Å². The van der Waals surface area contributed by atoms with Crippen molar-refractivity contribution in [3.63, 3.8) is 0 Å². The molecule has 1 heterocycles. The number of rotatable bonds is 6. The highest BCUT2D eigenvalue weighted by Gasteiger charge is 2.13. The molecule has 3 N–H and O–H groups in total. The number of hydrogen-bond acceptors (Lipinski definition) is 5. The van der Waals surface area contributed by atoms with E-state index in [1.807, 2.05) is 14.1 Å². The molecular formula is C16H20N4O3S. The second-order valence-corrected chi connectivity index (χ2v) is 7.03. The summed E-state index contributed by atoms with van der Waals surface area (Å²) in [5, 5.41) is 7.89. The normalized spacial score (nSPS) is 11.1. The van der Waals surface area contributed by atoms with Crippen molar-refractivity contribution in [3.05, 3.63) is 53.7 Å². The molecule has 0 bridgehead atoms. The Hall–Kier alpha value is -2.45. The fourth-order valence-electron chi connectivity index (χ4n) is 2.19. The molecule has 1 aromatic carbocycles. The van der Waals surface area contributed by atoms with Crippen LogP contribution < -0.4 is 15.4 Å². The maximum Gasteiger partial charge on any atom is 0.255 e. The number of carbonyl (C=O) groups is 1. The van der Waals surface area contributed by atoms with E-state index in [2.05, 4.69) is 10.3 Å². The molecule has 24 heavy (non-hydrogen) atoms. The lowest BCUT2D eigenvalue weighted by Crippen LogP contribution is -2.28. The van der Waals surface area contributed by atoms with Crippen LogP contribution in [0.25, 0.3) is 0 Å². The molecule has 128 valence electrons. The van der Waals surface area contributed by atoms with Crippen LogP contribution >= 0.6 is 0 Å². The van der Waals surface area contributed by atoms with Crippen LogP contribution in [0.15, 0.2) is 47.5 Å². The molecule has 0 spiro atoms. The fraction of sp³-hybridized carbons (Fsp3) is 0.250.